The van der Waals surface area contributed by atoms with Crippen molar-refractivity contribution in [2.45, 2.75) is 426 Å². The van der Waals surface area contributed by atoms with Crippen LogP contribution in [0.5, 0.6) is 0 Å². The minimum absolute atomic E-state index is 0.107. The SMILES string of the molecule is CCCCCCCCCCCCCCCCCCC(=O)OC[C@H](COP(=O)(O)OC[C@@H](O)COP(=O)(O)OC[C@@H](COC(=O)CCCCCCCCC(C)C)OC(=O)CCCCCCCCCCCCCCC)OC(=O)CCCCCCCCCCCCCCCCCCC(C)C. The summed E-state index contributed by atoms with van der Waals surface area (Å²) in [4.78, 5) is 72.9. The Hall–Kier alpha value is -1.94. The summed E-state index contributed by atoms with van der Waals surface area (Å²) in [6, 6.07) is 0. The van der Waals surface area contributed by atoms with Gasteiger partial charge in [0, 0.05) is 25.7 Å². The number of ether oxygens (including phenoxy) is 4. The second kappa shape index (κ2) is 69.8. The highest BCUT2D eigenvalue weighted by Gasteiger charge is 2.30. The van der Waals surface area contributed by atoms with Crippen molar-refractivity contribution in [1.82, 2.24) is 0 Å². The number of aliphatic hydroxyl groups is 1. The van der Waals surface area contributed by atoms with Crippen molar-refractivity contribution in [2.24, 2.45) is 11.8 Å². The molecule has 0 aliphatic heterocycles. The fraction of sp³-hybridized carbons (Fsp3) is 0.949. The molecule has 97 heavy (non-hydrogen) atoms. The molecule has 0 aliphatic carbocycles. The number of carbonyl (C=O) groups excluding carboxylic acids is 4. The number of hydrogen-bond donors (Lipinski definition) is 3. The van der Waals surface area contributed by atoms with Crippen molar-refractivity contribution in [1.29, 1.82) is 0 Å². The van der Waals surface area contributed by atoms with Gasteiger partial charge in [-0.1, -0.05) is 356 Å². The van der Waals surface area contributed by atoms with Crippen LogP contribution in [-0.2, 0) is 65.4 Å². The molecule has 17 nitrogen and oxygen atoms in total. The molecule has 0 aromatic rings. The second-order valence-electron chi connectivity index (χ2n) is 29.1. The highest BCUT2D eigenvalue weighted by Crippen LogP contribution is 2.45. The lowest BCUT2D eigenvalue weighted by Gasteiger charge is -2.21. The standard InChI is InChI=1S/C78H152O17P2/c1-7-9-11-13-15-17-19-21-22-26-30-33-37-41-48-54-60-75(80)88-66-73(94-77(82)63-57-51-43-39-35-31-27-24-23-25-29-32-36-40-46-52-58-70(3)4)68-92-96(84,85)90-64-72(79)65-91-97(86,87)93-69-74(67-89-76(81)61-55-49-45-44-47-53-59-71(5)6)95-78(83)62-56-50-42-38-34-28-20-18-16-14-12-10-8-2/h70-74,79H,7-69H2,1-6H3,(H,84,85)(H,86,87)/t72-,73-,74-/m1/s1. The number of phosphoric ester groups is 2. The Morgan fingerprint density at radius 2 is 0.474 bits per heavy atom. The zero-order chi connectivity index (χ0) is 71.4. The Morgan fingerprint density at radius 3 is 0.701 bits per heavy atom. The fourth-order valence-corrected chi connectivity index (χ4v) is 13.6. The van der Waals surface area contributed by atoms with Gasteiger partial charge >= 0.3 is 39.5 Å². The Morgan fingerprint density at radius 1 is 0.278 bits per heavy atom. The zero-order valence-corrected chi connectivity index (χ0v) is 65.2. The van der Waals surface area contributed by atoms with E-state index in [2.05, 4.69) is 41.5 Å². The molecule has 576 valence electrons. The maximum atomic E-state index is 13.1. The summed E-state index contributed by atoms with van der Waals surface area (Å²) >= 11 is 0. The maximum absolute atomic E-state index is 13.1. The van der Waals surface area contributed by atoms with Crippen molar-refractivity contribution in [3.05, 3.63) is 0 Å². The number of carbonyl (C=O) groups is 4. The summed E-state index contributed by atoms with van der Waals surface area (Å²) in [5.41, 5.74) is 0. The molecule has 19 heteroatoms. The molecule has 0 rings (SSSR count). The van der Waals surface area contributed by atoms with Crippen LogP contribution in [0.3, 0.4) is 0 Å². The van der Waals surface area contributed by atoms with E-state index < -0.39 is 97.5 Å². The van der Waals surface area contributed by atoms with Gasteiger partial charge < -0.3 is 33.8 Å². The number of rotatable bonds is 77. The average molecular weight is 1420 g/mol. The Bertz CT molecular complexity index is 1870. The van der Waals surface area contributed by atoms with E-state index in [-0.39, 0.29) is 25.7 Å². The van der Waals surface area contributed by atoms with Crippen LogP contribution in [0.25, 0.3) is 0 Å². The van der Waals surface area contributed by atoms with Crippen molar-refractivity contribution in [3.63, 3.8) is 0 Å². The minimum Gasteiger partial charge on any atom is -0.462 e. The van der Waals surface area contributed by atoms with Crippen molar-refractivity contribution in [2.75, 3.05) is 39.6 Å². The third-order valence-corrected chi connectivity index (χ3v) is 20.1. The molecule has 0 aromatic carbocycles. The van der Waals surface area contributed by atoms with Gasteiger partial charge in [-0.3, -0.25) is 37.3 Å². The first-order chi connectivity index (χ1) is 46.9. The molecule has 0 saturated carbocycles. The fourth-order valence-electron chi connectivity index (χ4n) is 12.0. The quantitative estimate of drug-likeness (QED) is 0.0222. The molecule has 0 aliphatic rings. The average Bonchev–Trinajstić information content (AvgIpc) is 1.05. The van der Waals surface area contributed by atoms with E-state index in [9.17, 15) is 43.2 Å². The van der Waals surface area contributed by atoms with Crippen LogP contribution in [0.1, 0.15) is 408 Å². The highest BCUT2D eigenvalue weighted by molar-refractivity contribution is 7.47. The predicted molar refractivity (Wildman–Crippen MR) is 395 cm³/mol. The molecule has 0 amide bonds. The smallest absolute Gasteiger partial charge is 0.462 e. The van der Waals surface area contributed by atoms with E-state index >= 15 is 0 Å². The van der Waals surface area contributed by atoms with Crippen LogP contribution in [0.2, 0.25) is 0 Å². The van der Waals surface area contributed by atoms with E-state index in [1.165, 1.54) is 218 Å². The lowest BCUT2D eigenvalue weighted by molar-refractivity contribution is -0.161. The van der Waals surface area contributed by atoms with Crippen LogP contribution in [0.4, 0.5) is 0 Å². The van der Waals surface area contributed by atoms with Crippen LogP contribution >= 0.6 is 15.6 Å². The molecule has 0 bridgehead atoms. The Kier molecular flexibility index (Phi) is 68.4. The van der Waals surface area contributed by atoms with E-state index in [0.717, 1.165) is 102 Å². The monoisotopic (exact) mass is 1420 g/mol. The third-order valence-electron chi connectivity index (χ3n) is 18.2. The van der Waals surface area contributed by atoms with Crippen molar-refractivity contribution >= 4 is 39.5 Å². The van der Waals surface area contributed by atoms with Gasteiger partial charge in [-0.25, -0.2) is 9.13 Å². The number of hydrogen-bond acceptors (Lipinski definition) is 15. The van der Waals surface area contributed by atoms with Gasteiger partial charge in [0.2, 0.25) is 0 Å². The second-order valence-corrected chi connectivity index (χ2v) is 32.0. The van der Waals surface area contributed by atoms with Gasteiger partial charge in [0.25, 0.3) is 0 Å². The molecule has 0 aromatic heterocycles. The summed E-state index contributed by atoms with van der Waals surface area (Å²) in [6.07, 6.45) is 58.4. The highest BCUT2D eigenvalue weighted by atomic mass is 31.2. The molecular weight excluding hydrogens is 1270 g/mol. The lowest BCUT2D eigenvalue weighted by Crippen LogP contribution is -2.30. The predicted octanol–water partition coefficient (Wildman–Crippen LogP) is 23.1. The molecular formula is C78H152O17P2. The molecule has 0 spiro atoms. The van der Waals surface area contributed by atoms with Gasteiger partial charge in [-0.05, 0) is 37.5 Å². The Labute approximate surface area is 594 Å². The first-order valence-corrected chi connectivity index (χ1v) is 43.5. The molecule has 0 radical (unpaired) electrons. The first kappa shape index (κ1) is 95.1. The third kappa shape index (κ3) is 72.2. The lowest BCUT2D eigenvalue weighted by atomic mass is 10.0. The molecule has 2 unspecified atom stereocenters. The van der Waals surface area contributed by atoms with Gasteiger partial charge in [-0.15, -0.1) is 0 Å². The summed E-state index contributed by atoms with van der Waals surface area (Å²) in [7, 11) is -9.91. The van der Waals surface area contributed by atoms with Gasteiger partial charge in [0.05, 0.1) is 26.4 Å². The summed E-state index contributed by atoms with van der Waals surface area (Å²) < 4.78 is 68.6. The summed E-state index contributed by atoms with van der Waals surface area (Å²) in [5, 5.41) is 10.6. The van der Waals surface area contributed by atoms with Gasteiger partial charge in [0.1, 0.15) is 19.3 Å². The van der Waals surface area contributed by atoms with Crippen molar-refractivity contribution in [3.8, 4) is 0 Å². The molecule has 3 N–H and O–H groups in total. The van der Waals surface area contributed by atoms with E-state index in [1.807, 2.05) is 0 Å². The molecule has 0 fully saturated rings. The topological polar surface area (TPSA) is 237 Å². The zero-order valence-electron chi connectivity index (χ0n) is 63.4. The summed E-state index contributed by atoms with van der Waals surface area (Å²) in [5.74, 6) is -0.624. The van der Waals surface area contributed by atoms with E-state index in [1.54, 1.807) is 0 Å². The van der Waals surface area contributed by atoms with Crippen LogP contribution in [0, 0.1) is 11.8 Å². The number of unbranched alkanes of at least 4 members (excludes halogenated alkanes) is 47. The number of esters is 4. The van der Waals surface area contributed by atoms with Crippen LogP contribution in [0.15, 0.2) is 0 Å². The Balaban J connectivity index is 5.22. The van der Waals surface area contributed by atoms with E-state index in [4.69, 9.17) is 37.0 Å². The summed E-state index contributed by atoms with van der Waals surface area (Å²) in [6.45, 7) is 9.56. The molecule has 0 saturated heterocycles. The maximum Gasteiger partial charge on any atom is 0.472 e. The minimum atomic E-state index is -4.96. The molecule has 0 heterocycles. The van der Waals surface area contributed by atoms with Crippen molar-refractivity contribution < 1.29 is 80.2 Å². The normalized spacial score (nSPS) is 14.0. The van der Waals surface area contributed by atoms with E-state index in [0.29, 0.717) is 31.6 Å². The van der Waals surface area contributed by atoms with Crippen LogP contribution < -0.4 is 0 Å². The van der Waals surface area contributed by atoms with Crippen LogP contribution in [-0.4, -0.2) is 96.7 Å². The van der Waals surface area contributed by atoms with Gasteiger partial charge in [0.15, 0.2) is 12.2 Å². The number of aliphatic hydroxyl groups excluding tert-OH is 1. The largest absolute Gasteiger partial charge is 0.472 e. The first-order valence-electron chi connectivity index (χ1n) is 40.5. The number of phosphoric acid groups is 2. The molecule has 5 atom stereocenters. The van der Waals surface area contributed by atoms with Gasteiger partial charge in [-0.2, -0.15) is 0 Å².